The number of benzene rings is 2. The van der Waals surface area contributed by atoms with Crippen LogP contribution in [0.1, 0.15) is 53.1 Å². The van der Waals surface area contributed by atoms with Crippen LogP contribution >= 0.6 is 0 Å². The molecule has 0 radical (unpaired) electrons. The number of fused-ring (bicyclic) bond motifs is 2. The highest BCUT2D eigenvalue weighted by Crippen LogP contribution is 2.36. The Balaban J connectivity index is 2.01. The molecule has 1 N–H and O–H groups in total. The molecule has 1 aliphatic rings. The zero-order valence-corrected chi connectivity index (χ0v) is 13.5. The van der Waals surface area contributed by atoms with Gasteiger partial charge in [-0.05, 0) is 61.1 Å². The molecule has 4 rings (SSSR count). The monoisotopic (exact) mass is 322 g/mol. The van der Waals surface area contributed by atoms with Crippen LogP contribution in [0.25, 0.3) is 21.9 Å². The molecule has 1 heterocycles. The minimum absolute atomic E-state index is 0.0952. The fourth-order valence-electron chi connectivity index (χ4n) is 3.79. The van der Waals surface area contributed by atoms with Gasteiger partial charge in [-0.25, -0.2) is 4.79 Å². The van der Waals surface area contributed by atoms with E-state index in [0.29, 0.717) is 27.9 Å². The van der Waals surface area contributed by atoms with Crippen molar-refractivity contribution in [1.29, 1.82) is 0 Å². The first-order valence-corrected chi connectivity index (χ1v) is 8.29. The SMILES string of the molecule is Cc1cc(C2CCCC2)cc2c(=O)c3cc(C(=O)O)ccc3oc12. The zero-order valence-electron chi connectivity index (χ0n) is 13.5. The summed E-state index contributed by atoms with van der Waals surface area (Å²) in [5, 5.41) is 10.0. The van der Waals surface area contributed by atoms with E-state index in [-0.39, 0.29) is 11.0 Å². The molecule has 24 heavy (non-hydrogen) atoms. The first-order chi connectivity index (χ1) is 11.5. The second kappa shape index (κ2) is 5.48. The molecule has 4 nitrogen and oxygen atoms in total. The van der Waals surface area contributed by atoms with E-state index in [1.807, 2.05) is 13.0 Å². The summed E-state index contributed by atoms with van der Waals surface area (Å²) in [6, 6.07) is 8.49. The Bertz CT molecular complexity index is 1020. The molecular weight excluding hydrogens is 304 g/mol. The molecule has 1 saturated carbocycles. The second-order valence-corrected chi connectivity index (χ2v) is 6.64. The fourth-order valence-corrected chi connectivity index (χ4v) is 3.79. The minimum atomic E-state index is -1.05. The topological polar surface area (TPSA) is 67.5 Å². The predicted molar refractivity (Wildman–Crippen MR) is 92.9 cm³/mol. The Morgan fingerprint density at radius 1 is 1.12 bits per heavy atom. The molecule has 1 fully saturated rings. The summed E-state index contributed by atoms with van der Waals surface area (Å²) in [5.41, 5.74) is 3.11. The Hall–Kier alpha value is -2.62. The van der Waals surface area contributed by atoms with Gasteiger partial charge in [0, 0.05) is 0 Å². The van der Waals surface area contributed by atoms with Crippen LogP contribution < -0.4 is 5.43 Å². The summed E-state index contributed by atoms with van der Waals surface area (Å²) in [7, 11) is 0. The Morgan fingerprint density at radius 3 is 2.58 bits per heavy atom. The number of carboxylic acids is 1. The first-order valence-electron chi connectivity index (χ1n) is 8.29. The highest BCUT2D eigenvalue weighted by atomic mass is 16.4. The van der Waals surface area contributed by atoms with E-state index < -0.39 is 5.97 Å². The Kier molecular flexibility index (Phi) is 3.41. The molecule has 0 unspecified atom stereocenters. The van der Waals surface area contributed by atoms with Crippen molar-refractivity contribution in [3.05, 3.63) is 57.2 Å². The average Bonchev–Trinajstić information content (AvgIpc) is 3.10. The molecule has 3 aromatic rings. The van der Waals surface area contributed by atoms with E-state index in [4.69, 9.17) is 9.52 Å². The number of carbonyl (C=O) groups is 1. The van der Waals surface area contributed by atoms with Gasteiger partial charge in [-0.3, -0.25) is 4.79 Å². The van der Waals surface area contributed by atoms with E-state index in [1.54, 1.807) is 6.07 Å². The average molecular weight is 322 g/mol. The van der Waals surface area contributed by atoms with E-state index in [1.165, 1.54) is 30.5 Å². The van der Waals surface area contributed by atoms with Gasteiger partial charge in [-0.1, -0.05) is 18.9 Å². The number of aryl methyl sites for hydroxylation is 1. The molecule has 2 aromatic carbocycles. The van der Waals surface area contributed by atoms with Crippen LogP contribution in [0.15, 0.2) is 39.5 Å². The number of hydrogen-bond acceptors (Lipinski definition) is 3. The van der Waals surface area contributed by atoms with Crippen molar-refractivity contribution >= 4 is 27.9 Å². The molecular formula is C20H18O4. The highest BCUT2D eigenvalue weighted by molar-refractivity contribution is 5.96. The zero-order chi connectivity index (χ0) is 16.8. The number of aromatic carboxylic acids is 1. The molecule has 1 aromatic heterocycles. The van der Waals surface area contributed by atoms with Crippen molar-refractivity contribution in [2.75, 3.05) is 0 Å². The fraction of sp³-hybridized carbons (Fsp3) is 0.300. The normalized spacial score (nSPS) is 15.4. The molecule has 4 heteroatoms. The van der Waals surface area contributed by atoms with Crippen molar-refractivity contribution in [2.45, 2.75) is 38.5 Å². The molecule has 0 amide bonds. The molecule has 0 bridgehead atoms. The Labute approximate surface area is 138 Å². The van der Waals surface area contributed by atoms with Gasteiger partial charge < -0.3 is 9.52 Å². The van der Waals surface area contributed by atoms with Crippen LogP contribution in [-0.4, -0.2) is 11.1 Å². The third kappa shape index (κ3) is 2.30. The maximum absolute atomic E-state index is 12.9. The third-order valence-electron chi connectivity index (χ3n) is 5.05. The van der Waals surface area contributed by atoms with Gasteiger partial charge in [-0.15, -0.1) is 0 Å². The van der Waals surface area contributed by atoms with Crippen LogP contribution in [0.4, 0.5) is 0 Å². The summed E-state index contributed by atoms with van der Waals surface area (Å²) >= 11 is 0. The summed E-state index contributed by atoms with van der Waals surface area (Å²) in [6.45, 7) is 1.96. The predicted octanol–water partition coefficient (Wildman–Crippen LogP) is 4.61. The van der Waals surface area contributed by atoms with Gasteiger partial charge in [0.05, 0.1) is 16.3 Å². The molecule has 0 spiro atoms. The van der Waals surface area contributed by atoms with Crippen molar-refractivity contribution in [3.63, 3.8) is 0 Å². The molecule has 0 atom stereocenters. The van der Waals surface area contributed by atoms with Crippen LogP contribution in [0.3, 0.4) is 0 Å². The smallest absolute Gasteiger partial charge is 0.335 e. The van der Waals surface area contributed by atoms with E-state index in [9.17, 15) is 9.59 Å². The van der Waals surface area contributed by atoms with E-state index in [2.05, 4.69) is 6.07 Å². The molecule has 0 aliphatic heterocycles. The number of rotatable bonds is 2. The van der Waals surface area contributed by atoms with Crippen LogP contribution in [0, 0.1) is 6.92 Å². The quantitative estimate of drug-likeness (QED) is 0.700. The maximum Gasteiger partial charge on any atom is 0.335 e. The lowest BCUT2D eigenvalue weighted by atomic mass is 9.94. The maximum atomic E-state index is 12.9. The number of hydrogen-bond donors (Lipinski definition) is 1. The van der Waals surface area contributed by atoms with Gasteiger partial charge >= 0.3 is 5.97 Å². The third-order valence-corrected chi connectivity index (χ3v) is 5.05. The first kappa shape index (κ1) is 14.9. The van der Waals surface area contributed by atoms with Gasteiger partial charge in [0.2, 0.25) is 5.43 Å². The van der Waals surface area contributed by atoms with Crippen LogP contribution in [-0.2, 0) is 0 Å². The lowest BCUT2D eigenvalue weighted by Crippen LogP contribution is -2.06. The largest absolute Gasteiger partial charge is 0.478 e. The van der Waals surface area contributed by atoms with Crippen molar-refractivity contribution in [2.24, 2.45) is 0 Å². The van der Waals surface area contributed by atoms with Crippen LogP contribution in [0.2, 0.25) is 0 Å². The standard InChI is InChI=1S/C20H18O4/c1-11-8-14(12-4-2-3-5-12)10-16-18(21)15-9-13(20(22)23)6-7-17(15)24-19(11)16/h6-10,12H,2-5H2,1H3,(H,22,23). The van der Waals surface area contributed by atoms with Crippen molar-refractivity contribution in [1.82, 2.24) is 0 Å². The van der Waals surface area contributed by atoms with Gasteiger partial charge in [0.1, 0.15) is 11.2 Å². The summed E-state index contributed by atoms with van der Waals surface area (Å²) in [6.07, 6.45) is 4.78. The molecule has 0 saturated heterocycles. The lowest BCUT2D eigenvalue weighted by molar-refractivity contribution is 0.0697. The molecule has 122 valence electrons. The summed E-state index contributed by atoms with van der Waals surface area (Å²) in [4.78, 5) is 24.1. The van der Waals surface area contributed by atoms with Crippen molar-refractivity contribution < 1.29 is 14.3 Å². The Morgan fingerprint density at radius 2 is 1.88 bits per heavy atom. The number of carboxylic acid groups (broad SMARTS) is 1. The second-order valence-electron chi connectivity index (χ2n) is 6.64. The minimum Gasteiger partial charge on any atom is -0.478 e. The highest BCUT2D eigenvalue weighted by Gasteiger charge is 2.20. The summed E-state index contributed by atoms with van der Waals surface area (Å²) < 4.78 is 5.92. The molecule has 1 aliphatic carbocycles. The van der Waals surface area contributed by atoms with Gasteiger partial charge in [-0.2, -0.15) is 0 Å². The van der Waals surface area contributed by atoms with Crippen LogP contribution in [0.5, 0.6) is 0 Å². The van der Waals surface area contributed by atoms with Crippen molar-refractivity contribution in [3.8, 4) is 0 Å². The van der Waals surface area contributed by atoms with Gasteiger partial charge in [0.25, 0.3) is 0 Å². The van der Waals surface area contributed by atoms with E-state index >= 15 is 0 Å². The van der Waals surface area contributed by atoms with E-state index in [0.717, 1.165) is 18.4 Å². The lowest BCUT2D eigenvalue weighted by Gasteiger charge is -2.12. The summed E-state index contributed by atoms with van der Waals surface area (Å²) in [5.74, 6) is -0.541. The van der Waals surface area contributed by atoms with Gasteiger partial charge in [0.15, 0.2) is 0 Å².